The first-order valence-electron chi connectivity index (χ1n) is 7.17. The lowest BCUT2D eigenvalue weighted by Gasteiger charge is -2.36. The normalized spacial score (nSPS) is 20.9. The molecule has 0 bridgehead atoms. The van der Waals surface area contributed by atoms with Crippen LogP contribution in [0.1, 0.15) is 59.3 Å². The van der Waals surface area contributed by atoms with Crippen molar-refractivity contribution >= 4 is 5.91 Å². The zero-order valence-electron chi connectivity index (χ0n) is 11.6. The third kappa shape index (κ3) is 3.70. The smallest absolute Gasteiger partial charge is 0.239 e. The van der Waals surface area contributed by atoms with Crippen molar-refractivity contribution in [3.05, 3.63) is 0 Å². The molecule has 0 heterocycles. The van der Waals surface area contributed by atoms with Crippen LogP contribution in [0.2, 0.25) is 0 Å². The van der Waals surface area contributed by atoms with Crippen LogP contribution in [0.3, 0.4) is 0 Å². The van der Waals surface area contributed by atoms with Gasteiger partial charge < -0.3 is 10.6 Å². The Morgan fingerprint density at radius 2 is 1.88 bits per heavy atom. The monoisotopic (exact) mass is 240 g/mol. The van der Waals surface area contributed by atoms with Crippen LogP contribution in [0.15, 0.2) is 0 Å². The van der Waals surface area contributed by atoms with Crippen LogP contribution in [0, 0.1) is 5.92 Å². The van der Waals surface area contributed by atoms with Gasteiger partial charge in [0.1, 0.15) is 0 Å². The fourth-order valence-corrected chi connectivity index (χ4v) is 2.68. The van der Waals surface area contributed by atoms with E-state index in [2.05, 4.69) is 20.8 Å². The van der Waals surface area contributed by atoms with Gasteiger partial charge >= 0.3 is 0 Å². The fraction of sp³-hybridized carbons (Fsp3) is 0.929. The predicted octanol–water partition coefficient (Wildman–Crippen LogP) is 2.54. The van der Waals surface area contributed by atoms with Gasteiger partial charge in [-0.2, -0.15) is 0 Å². The maximum Gasteiger partial charge on any atom is 0.239 e. The van der Waals surface area contributed by atoms with Crippen molar-refractivity contribution in [3.63, 3.8) is 0 Å². The van der Waals surface area contributed by atoms with Gasteiger partial charge in [0.2, 0.25) is 5.91 Å². The van der Waals surface area contributed by atoms with Crippen LogP contribution in [0.4, 0.5) is 0 Å². The SMILES string of the molecule is CCC(C)[C@H](N)C(=O)N(CC)C1CCCCC1. The summed E-state index contributed by atoms with van der Waals surface area (Å²) in [5.41, 5.74) is 6.06. The van der Waals surface area contributed by atoms with Crippen molar-refractivity contribution in [3.8, 4) is 0 Å². The van der Waals surface area contributed by atoms with E-state index >= 15 is 0 Å². The Morgan fingerprint density at radius 1 is 1.29 bits per heavy atom. The highest BCUT2D eigenvalue weighted by Crippen LogP contribution is 2.23. The molecule has 0 saturated heterocycles. The van der Waals surface area contributed by atoms with E-state index in [0.717, 1.165) is 25.8 Å². The molecule has 3 heteroatoms. The summed E-state index contributed by atoms with van der Waals surface area (Å²) in [5, 5.41) is 0. The van der Waals surface area contributed by atoms with E-state index < -0.39 is 0 Å². The van der Waals surface area contributed by atoms with Gasteiger partial charge in [-0.1, -0.05) is 39.5 Å². The predicted molar refractivity (Wildman–Crippen MR) is 71.7 cm³/mol. The molecule has 2 N–H and O–H groups in total. The van der Waals surface area contributed by atoms with Crippen molar-refractivity contribution < 1.29 is 4.79 Å². The number of rotatable bonds is 5. The molecule has 0 aromatic carbocycles. The van der Waals surface area contributed by atoms with E-state index in [1.54, 1.807) is 0 Å². The molecular weight excluding hydrogens is 212 g/mol. The number of nitrogens with zero attached hydrogens (tertiary/aromatic N) is 1. The Balaban J connectivity index is 2.62. The van der Waals surface area contributed by atoms with Crippen LogP contribution in [0.5, 0.6) is 0 Å². The molecule has 1 saturated carbocycles. The summed E-state index contributed by atoms with van der Waals surface area (Å²) in [7, 11) is 0. The Bertz CT molecular complexity index is 236. The van der Waals surface area contributed by atoms with Crippen LogP contribution in [-0.2, 0) is 4.79 Å². The van der Waals surface area contributed by atoms with Crippen LogP contribution >= 0.6 is 0 Å². The van der Waals surface area contributed by atoms with Crippen molar-refractivity contribution in [2.24, 2.45) is 11.7 Å². The van der Waals surface area contributed by atoms with E-state index in [4.69, 9.17) is 5.73 Å². The summed E-state index contributed by atoms with van der Waals surface area (Å²) >= 11 is 0. The van der Waals surface area contributed by atoms with Crippen LogP contribution in [-0.4, -0.2) is 29.4 Å². The Labute approximate surface area is 106 Å². The molecule has 0 aromatic heterocycles. The molecular formula is C14H28N2O. The second-order valence-corrected chi connectivity index (χ2v) is 5.33. The fourth-order valence-electron chi connectivity index (χ4n) is 2.68. The number of carbonyl (C=O) groups is 1. The molecule has 1 aliphatic rings. The minimum atomic E-state index is -0.318. The minimum absolute atomic E-state index is 0.161. The van der Waals surface area contributed by atoms with Gasteiger partial charge in [0, 0.05) is 12.6 Å². The zero-order valence-corrected chi connectivity index (χ0v) is 11.6. The Kier molecular flexibility index (Phi) is 5.96. The van der Waals surface area contributed by atoms with E-state index in [1.807, 2.05) is 4.90 Å². The lowest BCUT2D eigenvalue weighted by Crippen LogP contribution is -2.51. The second kappa shape index (κ2) is 7.00. The molecule has 1 rings (SSSR count). The largest absolute Gasteiger partial charge is 0.339 e. The topological polar surface area (TPSA) is 46.3 Å². The van der Waals surface area contributed by atoms with Crippen LogP contribution < -0.4 is 5.73 Å². The molecule has 0 aliphatic heterocycles. The summed E-state index contributed by atoms with van der Waals surface area (Å²) in [4.78, 5) is 14.4. The molecule has 17 heavy (non-hydrogen) atoms. The lowest BCUT2D eigenvalue weighted by molar-refractivity contribution is -0.136. The summed E-state index contributed by atoms with van der Waals surface area (Å²) in [6, 6.07) is 0.123. The van der Waals surface area contributed by atoms with E-state index in [0.29, 0.717) is 6.04 Å². The maximum absolute atomic E-state index is 12.4. The number of likely N-dealkylation sites (N-methyl/N-ethyl adjacent to an activating group) is 1. The lowest BCUT2D eigenvalue weighted by atomic mass is 9.92. The number of amides is 1. The highest BCUT2D eigenvalue weighted by Gasteiger charge is 2.29. The number of nitrogens with two attached hydrogens (primary N) is 1. The first kappa shape index (κ1) is 14.5. The van der Waals surface area contributed by atoms with Crippen LogP contribution in [0.25, 0.3) is 0 Å². The number of hydrogen-bond acceptors (Lipinski definition) is 2. The third-order valence-corrected chi connectivity index (χ3v) is 4.18. The van der Waals surface area contributed by atoms with Crippen molar-refractivity contribution in [2.45, 2.75) is 71.4 Å². The van der Waals surface area contributed by atoms with Gasteiger partial charge in [0.05, 0.1) is 6.04 Å². The quantitative estimate of drug-likeness (QED) is 0.802. The molecule has 0 spiro atoms. The van der Waals surface area contributed by atoms with Gasteiger partial charge in [-0.05, 0) is 25.7 Å². The molecule has 0 radical (unpaired) electrons. The number of hydrogen-bond donors (Lipinski definition) is 1. The first-order valence-corrected chi connectivity index (χ1v) is 7.17. The van der Waals surface area contributed by atoms with Gasteiger partial charge in [-0.3, -0.25) is 4.79 Å². The van der Waals surface area contributed by atoms with E-state index in [-0.39, 0.29) is 17.9 Å². The van der Waals surface area contributed by atoms with Gasteiger partial charge in [0.25, 0.3) is 0 Å². The molecule has 0 aromatic rings. The van der Waals surface area contributed by atoms with Crippen molar-refractivity contribution in [1.29, 1.82) is 0 Å². The maximum atomic E-state index is 12.4. The summed E-state index contributed by atoms with van der Waals surface area (Å²) in [5.74, 6) is 0.439. The van der Waals surface area contributed by atoms with E-state index in [9.17, 15) is 4.79 Å². The van der Waals surface area contributed by atoms with Gasteiger partial charge in [-0.25, -0.2) is 0 Å². The Morgan fingerprint density at radius 3 is 2.35 bits per heavy atom. The Hall–Kier alpha value is -0.570. The molecule has 1 unspecified atom stereocenters. The molecule has 100 valence electrons. The molecule has 2 atom stereocenters. The summed E-state index contributed by atoms with van der Waals surface area (Å²) in [6.45, 7) is 7.02. The first-order chi connectivity index (χ1) is 8.11. The molecule has 1 fully saturated rings. The molecule has 1 amide bonds. The summed E-state index contributed by atoms with van der Waals surface area (Å²) in [6.07, 6.45) is 7.12. The average molecular weight is 240 g/mol. The van der Waals surface area contributed by atoms with Crippen molar-refractivity contribution in [2.75, 3.05) is 6.54 Å². The third-order valence-electron chi connectivity index (χ3n) is 4.18. The number of carbonyl (C=O) groups excluding carboxylic acids is 1. The summed E-state index contributed by atoms with van der Waals surface area (Å²) < 4.78 is 0. The van der Waals surface area contributed by atoms with Gasteiger partial charge in [-0.15, -0.1) is 0 Å². The molecule has 1 aliphatic carbocycles. The van der Waals surface area contributed by atoms with E-state index in [1.165, 1.54) is 19.3 Å². The second-order valence-electron chi connectivity index (χ2n) is 5.33. The van der Waals surface area contributed by atoms with Gasteiger partial charge in [0.15, 0.2) is 0 Å². The standard InChI is InChI=1S/C14H28N2O/c1-4-11(3)13(15)14(17)16(5-2)12-9-7-6-8-10-12/h11-13H,4-10,15H2,1-3H3/t11?,13-/m0/s1. The zero-order chi connectivity index (χ0) is 12.8. The minimum Gasteiger partial charge on any atom is -0.339 e. The highest BCUT2D eigenvalue weighted by atomic mass is 16.2. The highest BCUT2D eigenvalue weighted by molar-refractivity contribution is 5.82. The average Bonchev–Trinajstić information content (AvgIpc) is 2.38. The molecule has 3 nitrogen and oxygen atoms in total. The van der Waals surface area contributed by atoms with Crippen molar-refractivity contribution in [1.82, 2.24) is 4.90 Å².